The molecule has 2 fully saturated rings. The van der Waals surface area contributed by atoms with Gasteiger partial charge in [0.15, 0.2) is 0 Å². The molecule has 2 aliphatic rings. The highest BCUT2D eigenvalue weighted by Crippen LogP contribution is 2.52. The van der Waals surface area contributed by atoms with Gasteiger partial charge in [-0.1, -0.05) is 13.8 Å². The molecule has 0 amide bonds. The molecule has 1 N–H and O–H groups in total. The molecule has 0 aromatic carbocycles. The van der Waals surface area contributed by atoms with Crippen molar-refractivity contribution in [3.8, 4) is 0 Å². The van der Waals surface area contributed by atoms with Gasteiger partial charge in [-0.05, 0) is 25.2 Å². The molecule has 3 heteroatoms. The van der Waals surface area contributed by atoms with Crippen molar-refractivity contribution in [1.82, 2.24) is 0 Å². The van der Waals surface area contributed by atoms with Crippen LogP contribution in [-0.2, 0) is 9.59 Å². The number of carbonyl (C=O) groups is 2. The summed E-state index contributed by atoms with van der Waals surface area (Å²) >= 11 is 0. The van der Waals surface area contributed by atoms with Gasteiger partial charge in [-0.15, -0.1) is 0 Å². The summed E-state index contributed by atoms with van der Waals surface area (Å²) in [6.45, 7) is 3.87. The van der Waals surface area contributed by atoms with Gasteiger partial charge in [-0.3, -0.25) is 9.59 Å². The van der Waals surface area contributed by atoms with Gasteiger partial charge in [-0.25, -0.2) is 0 Å². The van der Waals surface area contributed by atoms with E-state index in [2.05, 4.69) is 0 Å². The van der Waals surface area contributed by atoms with Crippen molar-refractivity contribution in [2.45, 2.75) is 52.1 Å². The van der Waals surface area contributed by atoms with Crippen molar-refractivity contribution < 1.29 is 14.7 Å². The molecule has 3 unspecified atom stereocenters. The average Bonchev–Trinajstić information content (AvgIpc) is 2.56. The Kier molecular flexibility index (Phi) is 2.91. The Labute approximate surface area is 96.2 Å². The summed E-state index contributed by atoms with van der Waals surface area (Å²) in [5.74, 6) is 0.233. The Morgan fingerprint density at radius 1 is 1.44 bits per heavy atom. The van der Waals surface area contributed by atoms with Crippen molar-refractivity contribution in [3.63, 3.8) is 0 Å². The lowest BCUT2D eigenvalue weighted by Gasteiger charge is -2.41. The molecule has 90 valence electrons. The van der Waals surface area contributed by atoms with E-state index in [0.29, 0.717) is 31.5 Å². The molecule has 0 spiro atoms. The second-order valence-electron chi connectivity index (χ2n) is 5.45. The summed E-state index contributed by atoms with van der Waals surface area (Å²) < 4.78 is 0. The van der Waals surface area contributed by atoms with Gasteiger partial charge in [0.1, 0.15) is 11.6 Å². The highest BCUT2D eigenvalue weighted by atomic mass is 16.3. The molecule has 0 aromatic rings. The van der Waals surface area contributed by atoms with Crippen molar-refractivity contribution in [2.75, 3.05) is 0 Å². The summed E-state index contributed by atoms with van der Waals surface area (Å²) in [5, 5.41) is 9.97. The van der Waals surface area contributed by atoms with E-state index in [1.165, 1.54) is 0 Å². The van der Waals surface area contributed by atoms with Gasteiger partial charge in [0, 0.05) is 24.2 Å². The van der Waals surface area contributed by atoms with Crippen molar-refractivity contribution >= 4 is 11.6 Å². The lowest BCUT2D eigenvalue weighted by Crippen LogP contribution is -2.46. The number of hydrogen-bond donors (Lipinski definition) is 1. The lowest BCUT2D eigenvalue weighted by molar-refractivity contribution is -0.141. The lowest BCUT2D eigenvalue weighted by atomic mass is 9.62. The van der Waals surface area contributed by atoms with E-state index < -0.39 is 6.10 Å². The summed E-state index contributed by atoms with van der Waals surface area (Å²) in [6, 6.07) is 0. The van der Waals surface area contributed by atoms with E-state index in [9.17, 15) is 14.7 Å². The number of aliphatic hydroxyl groups excluding tert-OH is 1. The van der Waals surface area contributed by atoms with Gasteiger partial charge in [-0.2, -0.15) is 0 Å². The molecule has 3 nitrogen and oxygen atoms in total. The summed E-state index contributed by atoms with van der Waals surface area (Å²) in [4.78, 5) is 23.8. The zero-order valence-electron chi connectivity index (χ0n) is 10.0. The molecule has 0 aliphatic heterocycles. The molecule has 0 radical (unpaired) electrons. The molecule has 0 saturated heterocycles. The minimum atomic E-state index is -0.567. The van der Waals surface area contributed by atoms with Crippen LogP contribution in [0.25, 0.3) is 0 Å². The van der Waals surface area contributed by atoms with Crippen LogP contribution in [0.3, 0.4) is 0 Å². The van der Waals surface area contributed by atoms with Gasteiger partial charge >= 0.3 is 0 Å². The molecule has 16 heavy (non-hydrogen) atoms. The molecular formula is C13H20O3. The number of carbonyl (C=O) groups excluding carboxylic acids is 2. The highest BCUT2D eigenvalue weighted by molar-refractivity contribution is 5.92. The maximum absolute atomic E-state index is 11.9. The van der Waals surface area contributed by atoms with Crippen LogP contribution < -0.4 is 0 Å². The zero-order valence-corrected chi connectivity index (χ0v) is 10.0. The normalized spacial score (nSPS) is 40.9. The molecule has 2 saturated carbocycles. The van der Waals surface area contributed by atoms with Crippen LogP contribution in [-0.4, -0.2) is 22.8 Å². The predicted octanol–water partition coefficient (Wildman–Crippen LogP) is 1.72. The monoisotopic (exact) mass is 224 g/mol. The first kappa shape index (κ1) is 11.8. The number of aliphatic hydroxyl groups is 1. The van der Waals surface area contributed by atoms with Crippen LogP contribution in [0.5, 0.6) is 0 Å². The Hall–Kier alpha value is -0.700. The fraction of sp³-hybridized carbons (Fsp3) is 0.846. The minimum Gasteiger partial charge on any atom is -0.392 e. The Bertz CT molecular complexity index is 323. The van der Waals surface area contributed by atoms with Gasteiger partial charge in [0.2, 0.25) is 0 Å². The largest absolute Gasteiger partial charge is 0.392 e. The van der Waals surface area contributed by atoms with Crippen LogP contribution in [0.15, 0.2) is 0 Å². The van der Waals surface area contributed by atoms with Crippen LogP contribution >= 0.6 is 0 Å². The number of Topliss-reactive ketones (excluding diaryl/α,β-unsaturated/α-hetero) is 2. The van der Waals surface area contributed by atoms with E-state index in [1.807, 2.05) is 13.8 Å². The Balaban J connectivity index is 2.30. The van der Waals surface area contributed by atoms with Crippen LogP contribution in [0.4, 0.5) is 0 Å². The molecule has 4 atom stereocenters. The van der Waals surface area contributed by atoms with Crippen molar-refractivity contribution in [2.24, 2.45) is 17.3 Å². The SMILES string of the molecule is CCC(O)[C@H]1C(=O)CCC2(C)C(=O)CCC12. The predicted molar refractivity (Wildman–Crippen MR) is 59.9 cm³/mol. The van der Waals surface area contributed by atoms with E-state index in [1.54, 1.807) is 0 Å². The number of rotatable bonds is 2. The van der Waals surface area contributed by atoms with E-state index in [0.717, 1.165) is 6.42 Å². The first-order valence-corrected chi connectivity index (χ1v) is 6.24. The molecular weight excluding hydrogens is 204 g/mol. The number of hydrogen-bond acceptors (Lipinski definition) is 3. The smallest absolute Gasteiger partial charge is 0.139 e. The fourth-order valence-electron chi connectivity index (χ4n) is 3.51. The van der Waals surface area contributed by atoms with Gasteiger partial charge in [0.25, 0.3) is 0 Å². The molecule has 0 aromatic heterocycles. The van der Waals surface area contributed by atoms with Crippen LogP contribution in [0.1, 0.15) is 46.0 Å². The first-order chi connectivity index (χ1) is 7.50. The number of fused-ring (bicyclic) bond motifs is 1. The highest BCUT2D eigenvalue weighted by Gasteiger charge is 2.54. The van der Waals surface area contributed by atoms with Crippen LogP contribution in [0, 0.1) is 17.3 Å². The summed E-state index contributed by atoms with van der Waals surface area (Å²) in [6.07, 6.45) is 2.53. The quantitative estimate of drug-likeness (QED) is 0.777. The second kappa shape index (κ2) is 3.95. The first-order valence-electron chi connectivity index (χ1n) is 6.24. The third-order valence-electron chi connectivity index (χ3n) is 4.67. The molecule has 0 bridgehead atoms. The maximum Gasteiger partial charge on any atom is 0.139 e. The second-order valence-corrected chi connectivity index (χ2v) is 5.45. The number of ketones is 2. The van der Waals surface area contributed by atoms with E-state index in [4.69, 9.17) is 0 Å². The molecule has 2 aliphatic carbocycles. The molecule has 0 heterocycles. The summed E-state index contributed by atoms with van der Waals surface area (Å²) in [7, 11) is 0. The fourth-order valence-corrected chi connectivity index (χ4v) is 3.51. The van der Waals surface area contributed by atoms with Crippen molar-refractivity contribution in [1.29, 1.82) is 0 Å². The van der Waals surface area contributed by atoms with Gasteiger partial charge in [0.05, 0.1) is 6.10 Å². The Morgan fingerprint density at radius 3 is 2.75 bits per heavy atom. The van der Waals surface area contributed by atoms with Crippen molar-refractivity contribution in [3.05, 3.63) is 0 Å². The topological polar surface area (TPSA) is 54.4 Å². The van der Waals surface area contributed by atoms with Gasteiger partial charge < -0.3 is 5.11 Å². The van der Waals surface area contributed by atoms with Crippen LogP contribution in [0.2, 0.25) is 0 Å². The standard InChI is InChI=1S/C13H20O3/c1-3-9(14)12-8-4-5-11(16)13(8,2)7-6-10(12)15/h8-9,12,14H,3-7H2,1-2H3/t8?,9?,12-,13?/m0/s1. The summed E-state index contributed by atoms with van der Waals surface area (Å²) in [5.41, 5.74) is -0.339. The van der Waals surface area contributed by atoms with E-state index >= 15 is 0 Å². The zero-order chi connectivity index (χ0) is 11.9. The maximum atomic E-state index is 11.9. The van der Waals surface area contributed by atoms with E-state index in [-0.39, 0.29) is 23.0 Å². The minimum absolute atomic E-state index is 0.0798. The molecule has 2 rings (SSSR count). The third-order valence-corrected chi connectivity index (χ3v) is 4.67. The third kappa shape index (κ3) is 1.53. The average molecular weight is 224 g/mol. The Morgan fingerprint density at radius 2 is 2.12 bits per heavy atom.